The van der Waals surface area contributed by atoms with Crippen LogP contribution in [0.15, 0.2) is 42.5 Å². The highest BCUT2D eigenvalue weighted by Gasteiger charge is 2.44. The number of nitrogens with one attached hydrogen (secondary N) is 3. The van der Waals surface area contributed by atoms with Crippen molar-refractivity contribution in [2.24, 2.45) is 5.92 Å². The Kier molecular flexibility index (Phi) is 13.0. The summed E-state index contributed by atoms with van der Waals surface area (Å²) in [4.78, 5) is 41.4. The van der Waals surface area contributed by atoms with Crippen molar-refractivity contribution in [3.8, 4) is 0 Å². The van der Waals surface area contributed by atoms with Gasteiger partial charge in [0.1, 0.15) is 17.7 Å². The molecule has 1 unspecified atom stereocenters. The molecule has 1 heterocycles. The zero-order chi connectivity index (χ0) is 29.4. The lowest BCUT2D eigenvalue weighted by Crippen LogP contribution is -2.56. The van der Waals surface area contributed by atoms with E-state index in [1.165, 1.54) is 12.0 Å². The molecule has 2 aromatic carbocycles. The number of β-amino-alcohol motifs (C(OH)–C–C–N with tert-alkyl or cyclic N) is 1. The molecule has 1 fully saturated rings. The number of hydrogen-bond acceptors (Lipinski definition) is 6. The van der Waals surface area contributed by atoms with Crippen molar-refractivity contribution in [3.63, 3.8) is 0 Å². The van der Waals surface area contributed by atoms with E-state index in [-0.39, 0.29) is 49.6 Å². The van der Waals surface area contributed by atoms with Crippen LogP contribution in [0.5, 0.6) is 0 Å². The van der Waals surface area contributed by atoms with Crippen LogP contribution in [-0.4, -0.2) is 84.3 Å². The lowest BCUT2D eigenvalue weighted by atomic mass is 10.0. The van der Waals surface area contributed by atoms with Gasteiger partial charge in [-0.25, -0.2) is 0 Å². The molecular formula is C31H47ClN4O5. The molecule has 0 bridgehead atoms. The standard InChI is InChI=1S/C31H46N4O5.ClH/c1-20(2)18-33-21(3)13-14-32-28(37)26(16-22-11-12-23-9-7-8-10-24(23)15-22)34-29(38)27-17-25(36)19-35(27)30(39)31(4,5)40-6;/h7-12,15,20-21,25-27,33,36H,13-14,16-19H2,1-6H3,(H,32,37)(H,34,38);1H/t21?,25-,26-,27+;/m1./s1. The van der Waals surface area contributed by atoms with E-state index < -0.39 is 29.7 Å². The van der Waals surface area contributed by atoms with Crippen LogP contribution >= 0.6 is 12.4 Å². The number of aliphatic hydroxyl groups excluding tert-OH is 1. The number of carbonyl (C=O) groups is 3. The number of nitrogens with zero attached hydrogens (tertiary/aromatic N) is 1. The summed E-state index contributed by atoms with van der Waals surface area (Å²) < 4.78 is 5.33. The molecule has 0 radical (unpaired) electrons. The zero-order valence-electron chi connectivity index (χ0n) is 25.1. The Morgan fingerprint density at radius 3 is 2.44 bits per heavy atom. The Hall–Kier alpha value is -2.72. The van der Waals surface area contributed by atoms with E-state index in [0.29, 0.717) is 12.5 Å². The van der Waals surface area contributed by atoms with Crippen molar-refractivity contribution in [2.75, 3.05) is 26.7 Å². The highest BCUT2D eigenvalue weighted by Crippen LogP contribution is 2.24. The van der Waals surface area contributed by atoms with E-state index in [0.717, 1.165) is 29.3 Å². The van der Waals surface area contributed by atoms with Crippen LogP contribution in [0.2, 0.25) is 0 Å². The van der Waals surface area contributed by atoms with Gasteiger partial charge in [-0.2, -0.15) is 0 Å². The van der Waals surface area contributed by atoms with E-state index >= 15 is 0 Å². The van der Waals surface area contributed by atoms with E-state index in [1.807, 2.05) is 42.5 Å². The highest BCUT2D eigenvalue weighted by molar-refractivity contribution is 5.94. The van der Waals surface area contributed by atoms with Gasteiger partial charge in [0.15, 0.2) is 0 Å². The van der Waals surface area contributed by atoms with Gasteiger partial charge in [0.2, 0.25) is 11.8 Å². The maximum atomic E-state index is 13.5. The number of hydrogen-bond donors (Lipinski definition) is 4. The molecule has 2 aromatic rings. The molecule has 1 saturated heterocycles. The topological polar surface area (TPSA) is 120 Å². The molecule has 3 amide bonds. The normalized spacial score (nSPS) is 18.6. The fourth-order valence-corrected chi connectivity index (χ4v) is 4.87. The third-order valence-electron chi connectivity index (χ3n) is 7.51. The number of methoxy groups -OCH3 is 1. The number of aliphatic hydroxyl groups is 1. The number of likely N-dealkylation sites (tertiary alicyclic amines) is 1. The maximum absolute atomic E-state index is 13.5. The first-order valence-corrected chi connectivity index (χ1v) is 14.2. The summed E-state index contributed by atoms with van der Waals surface area (Å²) in [6.07, 6.45) is 0.301. The van der Waals surface area contributed by atoms with Crippen molar-refractivity contribution in [1.82, 2.24) is 20.9 Å². The third kappa shape index (κ3) is 9.67. The monoisotopic (exact) mass is 590 g/mol. The fourth-order valence-electron chi connectivity index (χ4n) is 4.87. The van der Waals surface area contributed by atoms with E-state index in [1.54, 1.807) is 13.8 Å². The molecular weight excluding hydrogens is 544 g/mol. The summed E-state index contributed by atoms with van der Waals surface area (Å²) in [6, 6.07) is 12.5. The molecule has 1 aliphatic heterocycles. The quantitative estimate of drug-likeness (QED) is 0.285. The molecule has 0 saturated carbocycles. The van der Waals surface area contributed by atoms with Gasteiger partial charge >= 0.3 is 0 Å². The Bertz CT molecular complexity index is 1170. The molecule has 0 aliphatic carbocycles. The Labute approximate surface area is 250 Å². The van der Waals surface area contributed by atoms with Crippen LogP contribution in [-0.2, 0) is 25.5 Å². The van der Waals surface area contributed by atoms with Gasteiger partial charge in [-0.3, -0.25) is 14.4 Å². The number of rotatable bonds is 13. The summed E-state index contributed by atoms with van der Waals surface area (Å²) in [6.45, 7) is 11.0. The van der Waals surface area contributed by atoms with Crippen LogP contribution in [0.1, 0.15) is 53.0 Å². The van der Waals surface area contributed by atoms with Crippen molar-refractivity contribution in [3.05, 3.63) is 48.0 Å². The predicted molar refractivity (Wildman–Crippen MR) is 164 cm³/mol. The van der Waals surface area contributed by atoms with Crippen molar-refractivity contribution in [1.29, 1.82) is 0 Å². The van der Waals surface area contributed by atoms with Crippen LogP contribution in [0.25, 0.3) is 10.8 Å². The molecule has 0 spiro atoms. The Morgan fingerprint density at radius 2 is 1.78 bits per heavy atom. The van der Waals surface area contributed by atoms with Crippen molar-refractivity contribution >= 4 is 40.9 Å². The molecule has 228 valence electrons. The summed E-state index contributed by atoms with van der Waals surface area (Å²) in [5, 5.41) is 21.8. The lowest BCUT2D eigenvalue weighted by Gasteiger charge is -2.32. The smallest absolute Gasteiger partial charge is 0.254 e. The number of carbonyl (C=O) groups excluding carboxylic acids is 3. The van der Waals surface area contributed by atoms with Gasteiger partial charge in [-0.05, 0) is 56.0 Å². The molecule has 1 aliphatic rings. The maximum Gasteiger partial charge on any atom is 0.254 e. The number of amides is 3. The van der Waals surface area contributed by atoms with Crippen LogP contribution in [0.4, 0.5) is 0 Å². The second-order valence-electron chi connectivity index (χ2n) is 11.8. The number of benzene rings is 2. The molecule has 9 nitrogen and oxygen atoms in total. The number of halogens is 1. The summed E-state index contributed by atoms with van der Waals surface area (Å²) in [5.41, 5.74) is -0.240. The van der Waals surface area contributed by atoms with E-state index in [4.69, 9.17) is 4.74 Å². The molecule has 41 heavy (non-hydrogen) atoms. The van der Waals surface area contributed by atoms with Gasteiger partial charge in [-0.15, -0.1) is 12.4 Å². The zero-order valence-corrected chi connectivity index (χ0v) is 25.9. The third-order valence-corrected chi connectivity index (χ3v) is 7.51. The van der Waals surface area contributed by atoms with Gasteiger partial charge in [0, 0.05) is 39.1 Å². The Morgan fingerprint density at radius 1 is 1.10 bits per heavy atom. The largest absolute Gasteiger partial charge is 0.391 e. The predicted octanol–water partition coefficient (Wildman–Crippen LogP) is 2.82. The van der Waals surface area contributed by atoms with Crippen LogP contribution in [0, 0.1) is 5.92 Å². The SMILES string of the molecule is COC(C)(C)C(=O)N1C[C@H](O)C[C@H]1C(=O)N[C@H](Cc1ccc2ccccc2c1)C(=O)NCCC(C)NCC(C)C.Cl. The summed E-state index contributed by atoms with van der Waals surface area (Å²) in [5.74, 6) is -0.602. The fraction of sp³-hybridized carbons (Fsp3) is 0.581. The number of fused-ring (bicyclic) bond motifs is 1. The highest BCUT2D eigenvalue weighted by atomic mass is 35.5. The van der Waals surface area contributed by atoms with Gasteiger partial charge in [0.25, 0.3) is 5.91 Å². The summed E-state index contributed by atoms with van der Waals surface area (Å²) in [7, 11) is 1.43. The molecule has 4 atom stereocenters. The minimum absolute atomic E-state index is 0. The van der Waals surface area contributed by atoms with E-state index in [2.05, 4.69) is 36.7 Å². The van der Waals surface area contributed by atoms with Crippen LogP contribution < -0.4 is 16.0 Å². The van der Waals surface area contributed by atoms with E-state index in [9.17, 15) is 19.5 Å². The van der Waals surface area contributed by atoms with Crippen LogP contribution in [0.3, 0.4) is 0 Å². The van der Waals surface area contributed by atoms with Gasteiger partial charge in [-0.1, -0.05) is 56.3 Å². The van der Waals surface area contributed by atoms with Crippen molar-refractivity contribution < 1.29 is 24.2 Å². The first-order chi connectivity index (χ1) is 18.9. The number of ether oxygens (including phenoxy) is 1. The molecule has 3 rings (SSSR count). The van der Waals surface area contributed by atoms with Crippen molar-refractivity contribution in [2.45, 2.75) is 83.7 Å². The molecule has 0 aromatic heterocycles. The Balaban J connectivity index is 0.00000588. The molecule has 4 N–H and O–H groups in total. The first kappa shape index (κ1) is 34.5. The minimum Gasteiger partial charge on any atom is -0.391 e. The second kappa shape index (κ2) is 15.5. The first-order valence-electron chi connectivity index (χ1n) is 14.2. The minimum atomic E-state index is -1.15. The average molecular weight is 591 g/mol. The lowest BCUT2D eigenvalue weighted by molar-refractivity contribution is -0.154. The second-order valence-corrected chi connectivity index (χ2v) is 11.8. The van der Waals surface area contributed by atoms with Gasteiger partial charge < -0.3 is 30.7 Å². The summed E-state index contributed by atoms with van der Waals surface area (Å²) >= 11 is 0. The van der Waals surface area contributed by atoms with Gasteiger partial charge in [0.05, 0.1) is 6.10 Å². The molecule has 10 heteroatoms. The average Bonchev–Trinajstić information content (AvgIpc) is 3.32.